The summed E-state index contributed by atoms with van der Waals surface area (Å²) >= 11 is 0. The van der Waals surface area contributed by atoms with Crippen LogP contribution in [0.3, 0.4) is 0 Å². The zero-order valence-corrected chi connectivity index (χ0v) is 12.4. The lowest BCUT2D eigenvalue weighted by atomic mass is 9.83. The van der Waals surface area contributed by atoms with Gasteiger partial charge in [-0.05, 0) is 12.8 Å². The molecule has 2 fully saturated rings. The number of nitrogens with one attached hydrogen (secondary N) is 2. The molecule has 0 bridgehead atoms. The van der Waals surface area contributed by atoms with Gasteiger partial charge in [-0.15, -0.1) is 0 Å². The normalized spacial score (nSPS) is 40.8. The Kier molecular flexibility index (Phi) is 5.99. The SMILES string of the molecule is O=C(NC1CCCCCC1)NC1[C@@H](O)[C@H](O)C(O)[C@H](O)[C@H]1O. The lowest BCUT2D eigenvalue weighted by Crippen LogP contribution is -2.69. The predicted octanol–water partition coefficient (Wildman–Crippen LogP) is -1.80. The third-order valence-corrected chi connectivity index (χ3v) is 4.62. The first-order chi connectivity index (χ1) is 10.4. The van der Waals surface area contributed by atoms with Gasteiger partial charge in [0.2, 0.25) is 0 Å². The lowest BCUT2D eigenvalue weighted by molar-refractivity contribution is -0.188. The summed E-state index contributed by atoms with van der Waals surface area (Å²) in [6.45, 7) is 0. The van der Waals surface area contributed by atoms with Crippen molar-refractivity contribution in [2.75, 3.05) is 0 Å². The Morgan fingerprint density at radius 2 is 1.14 bits per heavy atom. The van der Waals surface area contributed by atoms with Crippen molar-refractivity contribution < 1.29 is 30.3 Å². The summed E-state index contributed by atoms with van der Waals surface area (Å²) in [5, 5.41) is 53.7. The zero-order valence-electron chi connectivity index (χ0n) is 12.4. The second kappa shape index (κ2) is 7.56. The number of carbonyl (C=O) groups excluding carboxylic acids is 1. The van der Waals surface area contributed by atoms with E-state index in [1.165, 1.54) is 0 Å². The van der Waals surface area contributed by atoms with Crippen LogP contribution in [0.25, 0.3) is 0 Å². The van der Waals surface area contributed by atoms with Gasteiger partial charge in [-0.2, -0.15) is 0 Å². The molecular weight excluding hydrogens is 292 g/mol. The zero-order chi connectivity index (χ0) is 16.3. The second-order valence-corrected chi connectivity index (χ2v) is 6.29. The minimum absolute atomic E-state index is 0.0424. The van der Waals surface area contributed by atoms with Crippen molar-refractivity contribution >= 4 is 6.03 Å². The van der Waals surface area contributed by atoms with Crippen molar-refractivity contribution in [3.05, 3.63) is 0 Å². The van der Waals surface area contributed by atoms with Crippen LogP contribution in [0.5, 0.6) is 0 Å². The highest BCUT2D eigenvalue weighted by atomic mass is 16.4. The number of amides is 2. The number of hydrogen-bond donors (Lipinski definition) is 7. The molecule has 2 aliphatic carbocycles. The van der Waals surface area contributed by atoms with Gasteiger partial charge in [-0.3, -0.25) is 0 Å². The molecule has 2 saturated carbocycles. The van der Waals surface area contributed by atoms with E-state index in [9.17, 15) is 30.3 Å². The van der Waals surface area contributed by atoms with Crippen LogP contribution in [0.4, 0.5) is 4.79 Å². The topological polar surface area (TPSA) is 142 Å². The van der Waals surface area contributed by atoms with E-state index in [0.29, 0.717) is 0 Å². The molecule has 0 radical (unpaired) electrons. The van der Waals surface area contributed by atoms with E-state index >= 15 is 0 Å². The van der Waals surface area contributed by atoms with Gasteiger partial charge in [-0.1, -0.05) is 25.7 Å². The summed E-state index contributed by atoms with van der Waals surface area (Å²) in [7, 11) is 0. The predicted molar refractivity (Wildman–Crippen MR) is 77.0 cm³/mol. The summed E-state index contributed by atoms with van der Waals surface area (Å²) < 4.78 is 0. The van der Waals surface area contributed by atoms with Gasteiger partial charge in [0.05, 0.1) is 6.04 Å². The Labute approximate surface area is 129 Å². The molecule has 0 aliphatic heterocycles. The van der Waals surface area contributed by atoms with Crippen molar-refractivity contribution in [2.24, 2.45) is 0 Å². The van der Waals surface area contributed by atoms with Crippen LogP contribution in [0.15, 0.2) is 0 Å². The monoisotopic (exact) mass is 318 g/mol. The molecule has 2 unspecified atom stereocenters. The summed E-state index contributed by atoms with van der Waals surface area (Å²) in [5.74, 6) is 0. The van der Waals surface area contributed by atoms with Crippen LogP contribution < -0.4 is 10.6 Å². The van der Waals surface area contributed by atoms with Gasteiger partial charge in [0.1, 0.15) is 30.5 Å². The van der Waals surface area contributed by atoms with Crippen LogP contribution in [-0.2, 0) is 0 Å². The summed E-state index contributed by atoms with van der Waals surface area (Å²) in [6, 6.07) is -1.77. The van der Waals surface area contributed by atoms with E-state index < -0.39 is 42.6 Å². The van der Waals surface area contributed by atoms with Gasteiger partial charge < -0.3 is 36.2 Å². The first-order valence-electron chi connectivity index (χ1n) is 7.89. The van der Waals surface area contributed by atoms with Gasteiger partial charge in [0.25, 0.3) is 0 Å². The fourth-order valence-corrected chi connectivity index (χ4v) is 3.21. The van der Waals surface area contributed by atoms with Gasteiger partial charge in [-0.25, -0.2) is 4.79 Å². The van der Waals surface area contributed by atoms with Crippen molar-refractivity contribution in [1.82, 2.24) is 10.6 Å². The molecule has 2 rings (SSSR count). The summed E-state index contributed by atoms with van der Waals surface area (Å²) in [5.41, 5.74) is 0. The van der Waals surface area contributed by atoms with Gasteiger partial charge in [0.15, 0.2) is 0 Å². The number of urea groups is 1. The maximum atomic E-state index is 12.0. The third kappa shape index (κ3) is 3.88. The molecule has 128 valence electrons. The first kappa shape index (κ1) is 17.4. The average Bonchev–Trinajstić information content (AvgIpc) is 2.76. The molecule has 0 spiro atoms. The van der Waals surface area contributed by atoms with Crippen LogP contribution >= 0.6 is 0 Å². The summed E-state index contributed by atoms with van der Waals surface area (Å²) in [4.78, 5) is 12.0. The van der Waals surface area contributed by atoms with E-state index in [-0.39, 0.29) is 6.04 Å². The van der Waals surface area contributed by atoms with Crippen LogP contribution in [0, 0.1) is 0 Å². The molecule has 0 aromatic rings. The minimum atomic E-state index is -1.66. The molecule has 22 heavy (non-hydrogen) atoms. The molecular formula is C14H26N2O6. The minimum Gasteiger partial charge on any atom is -0.388 e. The number of aliphatic hydroxyl groups excluding tert-OH is 5. The molecule has 7 N–H and O–H groups in total. The Hall–Kier alpha value is -0.930. The Balaban J connectivity index is 1.91. The number of aliphatic hydroxyl groups is 5. The molecule has 0 saturated heterocycles. The molecule has 2 amide bonds. The molecule has 0 aromatic carbocycles. The molecule has 0 heterocycles. The van der Waals surface area contributed by atoms with Crippen LogP contribution in [0.1, 0.15) is 38.5 Å². The highest BCUT2D eigenvalue weighted by molar-refractivity contribution is 5.74. The van der Waals surface area contributed by atoms with Gasteiger partial charge >= 0.3 is 6.03 Å². The highest BCUT2D eigenvalue weighted by Crippen LogP contribution is 2.22. The third-order valence-electron chi connectivity index (χ3n) is 4.62. The lowest BCUT2D eigenvalue weighted by Gasteiger charge is -2.42. The average molecular weight is 318 g/mol. The smallest absolute Gasteiger partial charge is 0.315 e. The number of carbonyl (C=O) groups is 1. The van der Waals surface area contributed by atoms with Crippen molar-refractivity contribution in [1.29, 1.82) is 0 Å². The van der Waals surface area contributed by atoms with Crippen molar-refractivity contribution in [2.45, 2.75) is 81.1 Å². The van der Waals surface area contributed by atoms with E-state index in [2.05, 4.69) is 10.6 Å². The van der Waals surface area contributed by atoms with Crippen LogP contribution in [-0.4, -0.2) is 74.2 Å². The maximum absolute atomic E-state index is 12.0. The standard InChI is InChI=1S/C14H26N2O6/c17-9-8(10(18)12(20)13(21)11(9)19)16-14(22)15-7-5-3-1-2-4-6-7/h7-13,17-21H,1-6H2,(H2,15,16,22)/t8?,9-,10+,11+,12-,13?. The molecule has 2 aliphatic rings. The van der Waals surface area contributed by atoms with E-state index in [1.807, 2.05) is 0 Å². The number of hydrogen-bond acceptors (Lipinski definition) is 6. The van der Waals surface area contributed by atoms with Crippen molar-refractivity contribution in [3.8, 4) is 0 Å². The molecule has 6 atom stereocenters. The molecule has 8 heteroatoms. The number of rotatable bonds is 2. The Bertz CT molecular complexity index is 358. The van der Waals surface area contributed by atoms with E-state index in [0.717, 1.165) is 38.5 Å². The van der Waals surface area contributed by atoms with Crippen molar-refractivity contribution in [3.63, 3.8) is 0 Å². The largest absolute Gasteiger partial charge is 0.388 e. The maximum Gasteiger partial charge on any atom is 0.315 e. The fourth-order valence-electron chi connectivity index (χ4n) is 3.21. The fraction of sp³-hybridized carbons (Fsp3) is 0.929. The molecule has 8 nitrogen and oxygen atoms in total. The summed E-state index contributed by atoms with van der Waals surface area (Å²) in [6.07, 6.45) is -1.91. The first-order valence-corrected chi connectivity index (χ1v) is 7.89. The molecule has 0 aromatic heterocycles. The van der Waals surface area contributed by atoms with Crippen LogP contribution in [0.2, 0.25) is 0 Å². The van der Waals surface area contributed by atoms with E-state index in [4.69, 9.17) is 0 Å². The quantitative estimate of drug-likeness (QED) is 0.299. The van der Waals surface area contributed by atoms with Gasteiger partial charge in [0, 0.05) is 6.04 Å². The highest BCUT2D eigenvalue weighted by Gasteiger charge is 2.48. The Morgan fingerprint density at radius 1 is 0.682 bits per heavy atom. The van der Waals surface area contributed by atoms with E-state index in [1.54, 1.807) is 0 Å². The second-order valence-electron chi connectivity index (χ2n) is 6.29. The Morgan fingerprint density at radius 3 is 1.64 bits per heavy atom.